The van der Waals surface area contributed by atoms with E-state index < -0.39 is 0 Å². The zero-order valence-electron chi connectivity index (χ0n) is 12.8. The average molecular weight is 350 g/mol. The lowest BCUT2D eigenvalue weighted by Crippen LogP contribution is -2.26. The van der Waals surface area contributed by atoms with Crippen LogP contribution in [0.15, 0.2) is 41.3 Å². The highest BCUT2D eigenvalue weighted by Crippen LogP contribution is 2.40. The molecule has 2 aromatic carbocycles. The molecule has 0 atom stereocenters. The molecule has 2 aromatic rings. The Balaban J connectivity index is 1.75. The number of benzene rings is 2. The van der Waals surface area contributed by atoms with E-state index in [1.807, 2.05) is 18.4 Å². The normalized spacial score (nSPS) is 12.3. The molecule has 0 saturated carbocycles. The second kappa shape index (κ2) is 6.72. The minimum atomic E-state index is -0.112. The van der Waals surface area contributed by atoms with Gasteiger partial charge in [0.1, 0.15) is 0 Å². The molecule has 0 aliphatic carbocycles. The second-order valence-corrected chi connectivity index (χ2v) is 6.49. The molecule has 6 heteroatoms. The summed E-state index contributed by atoms with van der Waals surface area (Å²) in [6.45, 7) is 0.657. The summed E-state index contributed by atoms with van der Waals surface area (Å²) in [7, 11) is 1.77. The summed E-state index contributed by atoms with van der Waals surface area (Å²) in [4.78, 5) is 15.4. The summed E-state index contributed by atoms with van der Waals surface area (Å²) in [5.41, 5.74) is 1.56. The first-order chi connectivity index (χ1) is 11.1. The highest BCUT2D eigenvalue weighted by atomic mass is 35.5. The van der Waals surface area contributed by atoms with E-state index in [9.17, 15) is 4.79 Å². The van der Waals surface area contributed by atoms with Crippen molar-refractivity contribution in [2.45, 2.75) is 11.4 Å². The number of halogens is 1. The minimum absolute atomic E-state index is 0.112. The van der Waals surface area contributed by atoms with Gasteiger partial charge in [0.25, 0.3) is 5.91 Å². The van der Waals surface area contributed by atoms with Crippen LogP contribution in [-0.2, 0) is 6.54 Å². The van der Waals surface area contributed by atoms with Crippen LogP contribution in [0.3, 0.4) is 0 Å². The molecule has 0 unspecified atom stereocenters. The van der Waals surface area contributed by atoms with Gasteiger partial charge in [-0.15, -0.1) is 11.8 Å². The zero-order valence-corrected chi connectivity index (χ0v) is 14.4. The standard InChI is InChI=1S/C17H16ClNO3S/c1-19(9-11-3-5-13(23-2)6-4-11)17(20)12-7-14(18)16-15(8-12)21-10-22-16/h3-8H,9-10H2,1-2H3. The number of rotatable bonds is 4. The van der Waals surface area contributed by atoms with Gasteiger partial charge in [-0.1, -0.05) is 23.7 Å². The largest absolute Gasteiger partial charge is 0.454 e. The third kappa shape index (κ3) is 3.41. The van der Waals surface area contributed by atoms with Gasteiger partial charge in [0.2, 0.25) is 6.79 Å². The summed E-state index contributed by atoms with van der Waals surface area (Å²) < 4.78 is 10.6. The van der Waals surface area contributed by atoms with E-state index in [-0.39, 0.29) is 12.7 Å². The average Bonchev–Trinajstić information content (AvgIpc) is 3.04. The van der Waals surface area contributed by atoms with Crippen molar-refractivity contribution >= 4 is 29.3 Å². The number of ether oxygens (including phenoxy) is 2. The Bertz CT molecular complexity index is 733. The molecule has 0 bridgehead atoms. The van der Waals surface area contributed by atoms with E-state index >= 15 is 0 Å². The van der Waals surface area contributed by atoms with Crippen LogP contribution >= 0.6 is 23.4 Å². The third-order valence-electron chi connectivity index (χ3n) is 3.60. The van der Waals surface area contributed by atoms with Gasteiger partial charge in [-0.3, -0.25) is 4.79 Å². The lowest BCUT2D eigenvalue weighted by atomic mass is 10.1. The predicted molar refractivity (Wildman–Crippen MR) is 91.6 cm³/mol. The lowest BCUT2D eigenvalue weighted by Gasteiger charge is -2.18. The molecule has 0 spiro atoms. The first-order valence-corrected chi connectivity index (χ1v) is 8.66. The maximum absolute atomic E-state index is 12.6. The quantitative estimate of drug-likeness (QED) is 0.780. The molecule has 0 saturated heterocycles. The minimum Gasteiger partial charge on any atom is -0.454 e. The van der Waals surface area contributed by atoms with Gasteiger partial charge >= 0.3 is 0 Å². The van der Waals surface area contributed by atoms with Crippen molar-refractivity contribution in [1.29, 1.82) is 0 Å². The number of hydrogen-bond acceptors (Lipinski definition) is 4. The van der Waals surface area contributed by atoms with E-state index in [4.69, 9.17) is 21.1 Å². The molecule has 4 nitrogen and oxygen atoms in total. The van der Waals surface area contributed by atoms with Crippen LogP contribution in [-0.4, -0.2) is 30.9 Å². The topological polar surface area (TPSA) is 38.8 Å². The number of carbonyl (C=O) groups excluding carboxylic acids is 1. The van der Waals surface area contributed by atoms with Crippen LogP contribution in [0.1, 0.15) is 15.9 Å². The van der Waals surface area contributed by atoms with Crippen molar-refractivity contribution in [3.63, 3.8) is 0 Å². The Hall–Kier alpha value is -1.85. The van der Waals surface area contributed by atoms with Gasteiger partial charge in [-0.05, 0) is 36.1 Å². The zero-order chi connectivity index (χ0) is 16.4. The molecule has 0 aromatic heterocycles. The highest BCUT2D eigenvalue weighted by molar-refractivity contribution is 7.98. The fourth-order valence-corrected chi connectivity index (χ4v) is 3.06. The molecule has 0 N–H and O–H groups in total. The molecular weight excluding hydrogens is 334 g/mol. The first-order valence-electron chi connectivity index (χ1n) is 7.06. The Labute approximate surface area is 144 Å². The Morgan fingerprint density at radius 2 is 2.00 bits per heavy atom. The van der Waals surface area contributed by atoms with Gasteiger partial charge in [0.05, 0.1) is 5.02 Å². The van der Waals surface area contributed by atoms with E-state index in [1.165, 1.54) is 4.90 Å². The van der Waals surface area contributed by atoms with Crippen LogP contribution in [0, 0.1) is 0 Å². The molecule has 1 aliphatic rings. The van der Waals surface area contributed by atoms with Gasteiger partial charge in [-0.25, -0.2) is 0 Å². The van der Waals surface area contributed by atoms with Crippen LogP contribution in [0.4, 0.5) is 0 Å². The van der Waals surface area contributed by atoms with Crippen LogP contribution < -0.4 is 9.47 Å². The lowest BCUT2D eigenvalue weighted by molar-refractivity contribution is 0.0784. The van der Waals surface area contributed by atoms with Crippen LogP contribution in [0.5, 0.6) is 11.5 Å². The number of hydrogen-bond donors (Lipinski definition) is 0. The van der Waals surface area contributed by atoms with Crippen molar-refractivity contribution < 1.29 is 14.3 Å². The molecule has 23 heavy (non-hydrogen) atoms. The predicted octanol–water partition coefficient (Wildman–Crippen LogP) is 4.06. The van der Waals surface area contributed by atoms with E-state index in [0.717, 1.165) is 5.56 Å². The number of amides is 1. The molecule has 120 valence electrons. The van der Waals surface area contributed by atoms with E-state index in [2.05, 4.69) is 12.1 Å². The Morgan fingerprint density at radius 1 is 1.26 bits per heavy atom. The van der Waals surface area contributed by atoms with Crippen molar-refractivity contribution in [3.8, 4) is 11.5 Å². The number of carbonyl (C=O) groups is 1. The molecule has 1 aliphatic heterocycles. The summed E-state index contributed by atoms with van der Waals surface area (Å²) >= 11 is 7.83. The van der Waals surface area contributed by atoms with Crippen molar-refractivity contribution in [2.24, 2.45) is 0 Å². The summed E-state index contributed by atoms with van der Waals surface area (Å²) in [5.74, 6) is 0.899. The molecule has 3 rings (SSSR count). The van der Waals surface area contributed by atoms with E-state index in [1.54, 1.807) is 35.8 Å². The molecule has 0 fully saturated rings. The fraction of sp³-hybridized carbons (Fsp3) is 0.235. The maximum Gasteiger partial charge on any atom is 0.254 e. The molecule has 1 amide bonds. The molecular formula is C17H16ClNO3S. The number of nitrogens with zero attached hydrogens (tertiary/aromatic N) is 1. The fourth-order valence-electron chi connectivity index (χ4n) is 2.39. The second-order valence-electron chi connectivity index (χ2n) is 5.20. The van der Waals surface area contributed by atoms with Crippen molar-refractivity contribution in [3.05, 3.63) is 52.5 Å². The number of thioether (sulfide) groups is 1. The number of fused-ring (bicyclic) bond motifs is 1. The molecule has 1 heterocycles. The van der Waals surface area contributed by atoms with Crippen molar-refractivity contribution in [1.82, 2.24) is 4.90 Å². The van der Waals surface area contributed by atoms with Crippen molar-refractivity contribution in [2.75, 3.05) is 20.1 Å². The smallest absolute Gasteiger partial charge is 0.254 e. The van der Waals surface area contributed by atoms with Gasteiger partial charge < -0.3 is 14.4 Å². The SMILES string of the molecule is CSc1ccc(CN(C)C(=O)c2cc(Cl)c3c(c2)OCO3)cc1. The monoisotopic (exact) mass is 349 g/mol. The Morgan fingerprint density at radius 3 is 2.70 bits per heavy atom. The van der Waals surface area contributed by atoms with E-state index in [0.29, 0.717) is 28.6 Å². The summed E-state index contributed by atoms with van der Waals surface area (Å²) in [6.07, 6.45) is 2.04. The van der Waals surface area contributed by atoms with Crippen LogP contribution in [0.25, 0.3) is 0 Å². The molecule has 0 radical (unpaired) electrons. The van der Waals surface area contributed by atoms with Gasteiger partial charge in [0.15, 0.2) is 11.5 Å². The highest BCUT2D eigenvalue weighted by Gasteiger charge is 2.22. The summed E-state index contributed by atoms with van der Waals surface area (Å²) in [5, 5.41) is 0.390. The van der Waals surface area contributed by atoms with Crippen LogP contribution in [0.2, 0.25) is 5.02 Å². The first kappa shape index (κ1) is 16.0. The summed E-state index contributed by atoms with van der Waals surface area (Å²) in [6, 6.07) is 11.4. The third-order valence-corrected chi connectivity index (χ3v) is 4.62. The van der Waals surface area contributed by atoms with Gasteiger partial charge in [-0.2, -0.15) is 0 Å². The maximum atomic E-state index is 12.6. The van der Waals surface area contributed by atoms with Gasteiger partial charge in [0, 0.05) is 24.1 Å². The Kier molecular flexibility index (Phi) is 4.68.